The van der Waals surface area contributed by atoms with Gasteiger partial charge in [0.2, 0.25) is 5.79 Å². The Hall–Kier alpha value is -3.37. The molecule has 3 aliphatic heterocycles. The van der Waals surface area contributed by atoms with Crippen molar-refractivity contribution in [1.29, 1.82) is 0 Å². The van der Waals surface area contributed by atoms with Gasteiger partial charge in [-0.1, -0.05) is 71.1 Å². The molecule has 4 bridgehead atoms. The molecular weight excluding hydrogens is 847 g/mol. The molecule has 370 valence electrons. The molecule has 14 heteroatoms. The quantitative estimate of drug-likeness (QED) is 0.165. The second kappa shape index (κ2) is 22.4. The van der Waals surface area contributed by atoms with Crippen LogP contribution in [0.25, 0.3) is 0 Å². The van der Waals surface area contributed by atoms with Crippen LogP contribution in [-0.4, -0.2) is 131 Å². The number of aliphatic hydroxyl groups excluding tert-OH is 2. The number of hydrogen-bond donors (Lipinski definition) is 3. The molecule has 5 rings (SSSR count). The molecule has 1 amide bonds. The van der Waals surface area contributed by atoms with Gasteiger partial charge in [0.1, 0.15) is 30.1 Å². The molecule has 1 saturated carbocycles. The maximum atomic E-state index is 16.0. The Balaban J connectivity index is 1.73. The standard InChI is InChI=1S/C52H79NO13/c1-30-17-13-12-14-18-31(2)43(63-10)29-50(8)23-22-34(5)52(61,66-50)47(58)48(59)53-24-16-15-19-38(53)49(60)65-41-28-40(55)32(3)26-33(4)44(56)45(64-11)46(57)51(36(41)7,35(6)25-30)37-20-21-39(54)42(27-37)62-9/h12-14,17-18,26,30,32,34-39,41-45,54,56,61H,15-16,19-25,27-29H2,1-11H3/b14-12?,17-13?,31-18+,33-26-/t30-,32-,34-,35-,36+,37-,38-,39-,41+,42-,43+,44-,45-,50+,51?,52-/m1/s1. The molecule has 0 aromatic rings. The van der Waals surface area contributed by atoms with Crippen molar-refractivity contribution in [2.75, 3.05) is 27.9 Å². The Morgan fingerprint density at radius 3 is 2.20 bits per heavy atom. The summed E-state index contributed by atoms with van der Waals surface area (Å²) >= 11 is 0. The molecule has 5 aliphatic rings. The van der Waals surface area contributed by atoms with Crippen molar-refractivity contribution in [1.82, 2.24) is 4.90 Å². The van der Waals surface area contributed by atoms with Gasteiger partial charge < -0.3 is 43.9 Å². The number of Topliss-reactive ketones (excluding diaryl/α,β-unsaturated/α-hetero) is 3. The number of nitrogens with zero attached hydrogens (tertiary/aromatic N) is 1. The van der Waals surface area contributed by atoms with Gasteiger partial charge in [-0.05, 0) is 107 Å². The molecule has 3 fully saturated rings. The van der Waals surface area contributed by atoms with E-state index in [1.165, 1.54) is 19.1 Å². The maximum Gasteiger partial charge on any atom is 0.329 e. The van der Waals surface area contributed by atoms with Crippen molar-refractivity contribution in [3.8, 4) is 0 Å². The number of allylic oxidation sites excluding steroid dienone is 6. The number of amides is 1. The predicted molar refractivity (Wildman–Crippen MR) is 248 cm³/mol. The SMILES string of the molecule is CO[C@H]1C[C@]2(C)CC[C@@H](C)[C@@](O)(O2)C(=O)C(=O)N2CCCC[C@@H]2C(=O)O[C@H]2CC(=O)[C@H](C)/C=C(/C)[C@@H](O)[C@@H](OC)C(=O)C([C@@H]3CC[C@@H](O)[C@H](OC)C3)([C@H](C)C[C@H](C)C=CC=C/C=C/1C)[C@H]2C. The van der Waals surface area contributed by atoms with E-state index < -0.39 is 113 Å². The number of ether oxygens (including phenoxy) is 5. The van der Waals surface area contributed by atoms with Crippen LogP contribution in [0.3, 0.4) is 0 Å². The molecule has 0 aromatic carbocycles. The lowest BCUT2D eigenvalue weighted by Crippen LogP contribution is -2.63. The second-order valence-electron chi connectivity index (χ2n) is 20.6. The van der Waals surface area contributed by atoms with Gasteiger partial charge in [-0.3, -0.25) is 19.2 Å². The number of ketones is 3. The summed E-state index contributed by atoms with van der Waals surface area (Å²) < 4.78 is 30.6. The molecule has 2 saturated heterocycles. The zero-order valence-corrected chi connectivity index (χ0v) is 41.3. The summed E-state index contributed by atoms with van der Waals surface area (Å²) in [7, 11) is 4.49. The van der Waals surface area contributed by atoms with Crippen molar-refractivity contribution in [2.24, 2.45) is 40.9 Å². The summed E-state index contributed by atoms with van der Waals surface area (Å²) in [5.74, 6) is -9.69. The average Bonchev–Trinajstić information content (AvgIpc) is 3.29. The Labute approximate surface area is 392 Å². The highest BCUT2D eigenvalue weighted by atomic mass is 16.6. The lowest BCUT2D eigenvalue weighted by atomic mass is 9.51. The zero-order valence-electron chi connectivity index (χ0n) is 41.3. The Bertz CT molecular complexity index is 1890. The van der Waals surface area contributed by atoms with Gasteiger partial charge in [0.05, 0.1) is 23.9 Å². The highest BCUT2D eigenvalue weighted by Gasteiger charge is 2.61. The normalized spacial score (nSPS) is 43.7. The number of hydrogen-bond acceptors (Lipinski definition) is 13. The summed E-state index contributed by atoms with van der Waals surface area (Å²) in [6.07, 6.45) is 9.00. The van der Waals surface area contributed by atoms with E-state index in [1.54, 1.807) is 40.9 Å². The summed E-state index contributed by atoms with van der Waals surface area (Å²) in [5, 5.41) is 35.2. The van der Waals surface area contributed by atoms with Gasteiger partial charge in [0, 0.05) is 63.9 Å². The van der Waals surface area contributed by atoms with Gasteiger partial charge >= 0.3 is 5.97 Å². The number of fused-ring (bicyclic) bond motifs is 5. The number of esters is 1. The molecule has 3 N–H and O–H groups in total. The van der Waals surface area contributed by atoms with Gasteiger partial charge in [-0.15, -0.1) is 0 Å². The first kappa shape index (κ1) is 53.6. The number of carbonyl (C=O) groups excluding carboxylic acids is 5. The van der Waals surface area contributed by atoms with Crippen LogP contribution in [-0.2, 0) is 47.7 Å². The van der Waals surface area contributed by atoms with Crippen LogP contribution in [0.1, 0.15) is 126 Å². The molecule has 1 unspecified atom stereocenters. The maximum absolute atomic E-state index is 16.0. The van der Waals surface area contributed by atoms with E-state index in [4.69, 9.17) is 23.7 Å². The predicted octanol–water partition coefficient (Wildman–Crippen LogP) is 6.18. The number of methoxy groups -OCH3 is 3. The van der Waals surface area contributed by atoms with Gasteiger partial charge in [0.25, 0.3) is 11.7 Å². The first-order chi connectivity index (χ1) is 31.1. The number of carbonyl (C=O) groups is 5. The summed E-state index contributed by atoms with van der Waals surface area (Å²) in [5.41, 5.74) is -1.23. The molecular formula is C52H79NO13. The van der Waals surface area contributed by atoms with Crippen LogP contribution in [0.5, 0.6) is 0 Å². The van der Waals surface area contributed by atoms with E-state index in [0.717, 1.165) is 5.57 Å². The fraction of sp³-hybridized carbons (Fsp3) is 0.750. The molecule has 2 aliphatic carbocycles. The minimum absolute atomic E-state index is 0.0384. The van der Waals surface area contributed by atoms with Gasteiger partial charge in [-0.25, -0.2) is 4.79 Å². The van der Waals surface area contributed by atoms with Crippen molar-refractivity contribution < 1.29 is 63.0 Å². The molecule has 3 heterocycles. The van der Waals surface area contributed by atoms with E-state index in [0.29, 0.717) is 56.9 Å². The van der Waals surface area contributed by atoms with Crippen LogP contribution in [0.2, 0.25) is 0 Å². The molecule has 14 nitrogen and oxygen atoms in total. The summed E-state index contributed by atoms with van der Waals surface area (Å²) in [4.78, 5) is 75.4. The Morgan fingerprint density at radius 1 is 0.818 bits per heavy atom. The minimum atomic E-state index is -2.49. The zero-order chi connectivity index (χ0) is 48.9. The van der Waals surface area contributed by atoms with Crippen LogP contribution in [0.15, 0.2) is 47.6 Å². The fourth-order valence-electron chi connectivity index (χ4n) is 12.0. The minimum Gasteiger partial charge on any atom is -0.460 e. The van der Waals surface area contributed by atoms with Crippen LogP contribution >= 0.6 is 0 Å². The van der Waals surface area contributed by atoms with Gasteiger partial charge in [-0.2, -0.15) is 0 Å². The molecule has 0 spiro atoms. The largest absolute Gasteiger partial charge is 0.460 e. The average molecular weight is 926 g/mol. The summed E-state index contributed by atoms with van der Waals surface area (Å²) in [6.45, 7) is 14.7. The first-order valence-corrected chi connectivity index (χ1v) is 24.3. The van der Waals surface area contributed by atoms with Crippen LogP contribution in [0.4, 0.5) is 0 Å². The van der Waals surface area contributed by atoms with Crippen LogP contribution < -0.4 is 0 Å². The number of aliphatic hydroxyl groups is 3. The smallest absolute Gasteiger partial charge is 0.329 e. The third-order valence-electron chi connectivity index (χ3n) is 16.1. The number of rotatable bonds is 4. The molecule has 16 atom stereocenters. The van der Waals surface area contributed by atoms with Gasteiger partial charge in [0.15, 0.2) is 5.78 Å². The van der Waals surface area contributed by atoms with E-state index in [2.05, 4.69) is 13.0 Å². The number of piperidine rings is 1. The van der Waals surface area contributed by atoms with Crippen molar-refractivity contribution in [3.05, 3.63) is 47.6 Å². The Kier molecular flexibility index (Phi) is 18.2. The third kappa shape index (κ3) is 11.1. The Morgan fingerprint density at radius 2 is 1.53 bits per heavy atom. The monoisotopic (exact) mass is 926 g/mol. The topological polar surface area (TPSA) is 195 Å². The molecule has 66 heavy (non-hydrogen) atoms. The van der Waals surface area contributed by atoms with Crippen LogP contribution in [0, 0.1) is 40.9 Å². The van der Waals surface area contributed by atoms with Crippen molar-refractivity contribution in [3.63, 3.8) is 0 Å². The molecule has 0 radical (unpaired) electrons. The molecule has 0 aromatic heterocycles. The van der Waals surface area contributed by atoms with E-state index >= 15 is 4.79 Å². The first-order valence-electron chi connectivity index (χ1n) is 24.3. The fourth-order valence-corrected chi connectivity index (χ4v) is 12.0. The van der Waals surface area contributed by atoms with Crippen molar-refractivity contribution >= 4 is 29.2 Å². The lowest BCUT2D eigenvalue weighted by Gasteiger charge is -2.54. The van der Waals surface area contributed by atoms with E-state index in [1.807, 2.05) is 45.1 Å². The summed E-state index contributed by atoms with van der Waals surface area (Å²) in [6, 6.07) is -1.24. The third-order valence-corrected chi connectivity index (χ3v) is 16.1. The van der Waals surface area contributed by atoms with E-state index in [9.17, 15) is 34.5 Å². The lowest BCUT2D eigenvalue weighted by molar-refractivity contribution is -0.294. The van der Waals surface area contributed by atoms with Crippen molar-refractivity contribution in [2.45, 2.75) is 180 Å². The van der Waals surface area contributed by atoms with E-state index in [-0.39, 0.29) is 37.5 Å². The second-order valence-corrected chi connectivity index (χ2v) is 20.6. The highest BCUT2D eigenvalue weighted by molar-refractivity contribution is 6.39. The highest BCUT2D eigenvalue weighted by Crippen LogP contribution is 2.55.